The third-order valence-electron chi connectivity index (χ3n) is 9.13. The second-order valence-corrected chi connectivity index (χ2v) is 14.7. The molecule has 0 atom stereocenters. The van der Waals surface area contributed by atoms with Crippen LogP contribution in [0.3, 0.4) is 0 Å². The minimum Gasteiger partial charge on any atom is -0.397 e. The summed E-state index contributed by atoms with van der Waals surface area (Å²) in [4.78, 5) is 64.4. The molecule has 18 nitrogen and oxygen atoms in total. The average Bonchev–Trinajstić information content (AvgIpc) is 3.90. The zero-order valence-electron chi connectivity index (χ0n) is 33.7. The van der Waals surface area contributed by atoms with E-state index in [4.69, 9.17) is 11.5 Å². The Morgan fingerprint density at radius 3 is 1.32 bits per heavy atom. The van der Waals surface area contributed by atoms with Gasteiger partial charge in [0.1, 0.15) is 11.4 Å². The van der Waals surface area contributed by atoms with Gasteiger partial charge in [-0.1, -0.05) is 25.7 Å². The molecule has 4 heterocycles. The van der Waals surface area contributed by atoms with Gasteiger partial charge in [-0.2, -0.15) is 0 Å². The largest absolute Gasteiger partial charge is 0.397 e. The third-order valence-corrected chi connectivity index (χ3v) is 9.13. The number of nitrogens with two attached hydrogens (primary N) is 2. The first-order valence-corrected chi connectivity index (χ1v) is 19.2. The number of hydrogen-bond acceptors (Lipinski definition) is 10. The predicted octanol–water partition coefficient (Wildman–Crippen LogP) is 2.83. The van der Waals surface area contributed by atoms with Crippen molar-refractivity contribution in [2.45, 2.75) is 64.5 Å². The molecule has 0 radical (unpaired) electrons. The van der Waals surface area contributed by atoms with Gasteiger partial charge in [0.05, 0.1) is 11.4 Å². The number of rotatable bonds is 23. The molecule has 0 aromatic carbocycles. The fourth-order valence-corrected chi connectivity index (χ4v) is 6.28. The Hall–Kier alpha value is -5.62. The van der Waals surface area contributed by atoms with Crippen LogP contribution in [0.1, 0.15) is 93.6 Å². The quantitative estimate of drug-likeness (QED) is 0.0605. The predicted molar refractivity (Wildman–Crippen MR) is 219 cm³/mol. The number of amides is 4. The van der Waals surface area contributed by atoms with Gasteiger partial charge >= 0.3 is 0 Å². The fraction of sp³-hybridized carbons (Fsp3) is 0.526. The van der Waals surface area contributed by atoms with Crippen LogP contribution in [-0.4, -0.2) is 116 Å². The summed E-state index contributed by atoms with van der Waals surface area (Å²) in [5, 5.41) is 11.3. The molecule has 4 aromatic rings. The van der Waals surface area contributed by atoms with Crippen molar-refractivity contribution < 1.29 is 19.2 Å². The lowest BCUT2D eigenvalue weighted by Crippen LogP contribution is -2.29. The van der Waals surface area contributed by atoms with Crippen molar-refractivity contribution in [2.24, 2.45) is 14.1 Å². The van der Waals surface area contributed by atoms with Gasteiger partial charge in [0.15, 0.2) is 11.6 Å². The zero-order chi connectivity index (χ0) is 40.8. The number of nitrogens with zero attached hydrogens (tertiary/aromatic N) is 8. The first-order valence-electron chi connectivity index (χ1n) is 19.2. The van der Waals surface area contributed by atoms with Crippen LogP contribution in [0.25, 0.3) is 0 Å². The summed E-state index contributed by atoms with van der Waals surface area (Å²) in [6, 6.07) is 3.28. The molecule has 0 bridgehead atoms. The monoisotopic (exact) mass is 776 g/mol. The van der Waals surface area contributed by atoms with E-state index in [-0.39, 0.29) is 46.9 Å². The Morgan fingerprint density at radius 2 is 0.946 bits per heavy atom. The van der Waals surface area contributed by atoms with Gasteiger partial charge in [-0.05, 0) is 79.1 Å². The summed E-state index contributed by atoms with van der Waals surface area (Å²) >= 11 is 0. The summed E-state index contributed by atoms with van der Waals surface area (Å²) in [5.41, 5.74) is 14.0. The van der Waals surface area contributed by atoms with E-state index in [1.54, 1.807) is 60.1 Å². The smallest absolute Gasteiger partial charge is 0.287 e. The lowest BCUT2D eigenvalue weighted by atomic mass is 10.1. The molecule has 0 saturated heterocycles. The Labute approximate surface area is 329 Å². The van der Waals surface area contributed by atoms with Crippen LogP contribution in [0.15, 0.2) is 36.9 Å². The van der Waals surface area contributed by atoms with E-state index in [9.17, 15) is 19.2 Å². The SMILES string of the molecule is CN(C)CCCNC(=O)c1nc(NC(=O)c2cc(N)cn2CCCCCCCCn2cc(N)cc2C(=O)Nc2cn(C)c(C(=O)NCCCN(C)C)n2)cn1C. The number of aromatic nitrogens is 6. The molecule has 8 N–H and O–H groups in total. The average molecular weight is 777 g/mol. The molecule has 0 aliphatic carbocycles. The van der Waals surface area contributed by atoms with Crippen LogP contribution in [0.5, 0.6) is 0 Å². The number of aryl methyl sites for hydroxylation is 4. The molecule has 0 aliphatic heterocycles. The molecule has 0 saturated carbocycles. The van der Waals surface area contributed by atoms with Gasteiger partial charge in [0.2, 0.25) is 11.6 Å². The molecule has 4 amide bonds. The van der Waals surface area contributed by atoms with Gasteiger partial charge < -0.3 is 60.8 Å². The maximum Gasteiger partial charge on any atom is 0.287 e. The molecule has 4 aromatic heterocycles. The Morgan fingerprint density at radius 1 is 0.571 bits per heavy atom. The molecule has 0 aliphatic rings. The number of carbonyl (C=O) groups is 4. The molecule has 56 heavy (non-hydrogen) atoms. The van der Waals surface area contributed by atoms with E-state index in [0.717, 1.165) is 64.5 Å². The summed E-state index contributed by atoms with van der Waals surface area (Å²) in [5.74, 6) is -0.301. The Bertz CT molecular complexity index is 1780. The van der Waals surface area contributed by atoms with Crippen molar-refractivity contribution in [3.63, 3.8) is 0 Å². The lowest BCUT2D eigenvalue weighted by molar-refractivity contribution is 0.0931. The highest BCUT2D eigenvalue weighted by Gasteiger charge is 2.20. The summed E-state index contributed by atoms with van der Waals surface area (Å²) in [7, 11) is 11.3. The van der Waals surface area contributed by atoms with Crippen LogP contribution >= 0.6 is 0 Å². The minimum atomic E-state index is -0.352. The van der Waals surface area contributed by atoms with Crippen LogP contribution in [-0.2, 0) is 27.2 Å². The van der Waals surface area contributed by atoms with Crippen molar-refractivity contribution in [2.75, 3.05) is 76.5 Å². The van der Waals surface area contributed by atoms with E-state index in [1.165, 1.54) is 0 Å². The first-order chi connectivity index (χ1) is 26.7. The van der Waals surface area contributed by atoms with Gasteiger partial charge in [-0.25, -0.2) is 9.97 Å². The van der Waals surface area contributed by atoms with Crippen molar-refractivity contribution >= 4 is 46.6 Å². The summed E-state index contributed by atoms with van der Waals surface area (Å²) < 4.78 is 6.88. The number of carbonyl (C=O) groups excluding carboxylic acids is 4. The normalized spacial score (nSPS) is 11.4. The van der Waals surface area contributed by atoms with Crippen LogP contribution in [0, 0.1) is 0 Å². The van der Waals surface area contributed by atoms with Gasteiger partial charge in [0.25, 0.3) is 23.6 Å². The summed E-state index contributed by atoms with van der Waals surface area (Å²) in [6.45, 7) is 4.03. The highest BCUT2D eigenvalue weighted by Crippen LogP contribution is 2.18. The summed E-state index contributed by atoms with van der Waals surface area (Å²) in [6.07, 6.45) is 14.1. The number of nitrogen functional groups attached to an aromatic ring is 2. The van der Waals surface area contributed by atoms with Crippen LogP contribution in [0.2, 0.25) is 0 Å². The lowest BCUT2D eigenvalue weighted by Gasteiger charge is -2.10. The number of hydrogen-bond donors (Lipinski definition) is 6. The zero-order valence-corrected chi connectivity index (χ0v) is 33.7. The highest BCUT2D eigenvalue weighted by molar-refractivity contribution is 6.04. The Balaban J connectivity index is 1.17. The second kappa shape index (κ2) is 20.9. The molecular weight excluding hydrogens is 717 g/mol. The van der Waals surface area contributed by atoms with Crippen LogP contribution in [0.4, 0.5) is 23.0 Å². The molecule has 0 unspecified atom stereocenters. The molecule has 0 fully saturated rings. The van der Waals surface area contributed by atoms with Crippen molar-refractivity contribution in [3.8, 4) is 0 Å². The highest BCUT2D eigenvalue weighted by atomic mass is 16.2. The minimum absolute atomic E-state index is 0.216. The van der Waals surface area contributed by atoms with Gasteiger partial charge in [0, 0.05) is 65.1 Å². The topological polar surface area (TPSA) is 220 Å². The molecule has 4 rings (SSSR count). The van der Waals surface area contributed by atoms with Gasteiger partial charge in [-0.15, -0.1) is 0 Å². The van der Waals surface area contributed by atoms with E-state index in [0.29, 0.717) is 48.9 Å². The maximum absolute atomic E-state index is 13.2. The third kappa shape index (κ3) is 13.0. The molecule has 306 valence electrons. The standard InChI is InChI=1S/C38H60N14O4/c1-47(2)17-13-15-41-37(55)33-43-31(25-49(33)5)45-35(53)29-21-27(39)23-51(29)19-11-9-7-8-10-12-20-52-24-28(40)22-30(52)36(54)46-32-26-50(6)34(44-32)38(56)42-16-14-18-48(3)4/h21-26H,7-20,39-40H2,1-6H3,(H,41,55)(H,42,56)(H,45,53)(H,46,54). The Kier molecular flexibility index (Phi) is 16.1. The van der Waals surface area contributed by atoms with Crippen molar-refractivity contribution in [3.05, 3.63) is 60.0 Å². The van der Waals surface area contributed by atoms with Crippen molar-refractivity contribution in [1.29, 1.82) is 0 Å². The van der Waals surface area contributed by atoms with E-state index >= 15 is 0 Å². The van der Waals surface area contributed by atoms with E-state index in [2.05, 4.69) is 41.0 Å². The fourth-order valence-electron chi connectivity index (χ4n) is 6.28. The number of unbranched alkanes of at least 4 members (excludes halogenated alkanes) is 5. The van der Waals surface area contributed by atoms with Gasteiger partial charge in [-0.3, -0.25) is 19.2 Å². The first kappa shape index (κ1) is 43.1. The molecule has 0 spiro atoms. The second-order valence-electron chi connectivity index (χ2n) is 14.7. The number of nitrogens with one attached hydrogen (secondary N) is 4. The van der Waals surface area contributed by atoms with E-state index in [1.807, 2.05) is 37.3 Å². The molecular formula is C38H60N14O4. The van der Waals surface area contributed by atoms with E-state index < -0.39 is 0 Å². The number of anilines is 4. The maximum atomic E-state index is 13.2. The number of imidazole rings is 2. The van der Waals surface area contributed by atoms with Crippen LogP contribution < -0.4 is 32.7 Å². The van der Waals surface area contributed by atoms with Crippen molar-refractivity contribution in [1.82, 2.24) is 48.7 Å². The molecule has 18 heteroatoms.